The highest BCUT2D eigenvalue weighted by Gasteiger charge is 2.22. The van der Waals surface area contributed by atoms with Crippen molar-refractivity contribution in [1.29, 1.82) is 0 Å². The van der Waals surface area contributed by atoms with Gasteiger partial charge >= 0.3 is 5.97 Å². The van der Waals surface area contributed by atoms with Crippen molar-refractivity contribution >= 4 is 21.7 Å². The van der Waals surface area contributed by atoms with Crippen molar-refractivity contribution in [3.63, 3.8) is 0 Å². The lowest BCUT2D eigenvalue weighted by atomic mass is 10.1. The Morgan fingerprint density at radius 2 is 1.77 bits per heavy atom. The SMILES string of the molecule is COC(=O)c1cc(CNC(=O)c2occc2CS(=O)(=O)c2ccccc2)ccc1OC. The molecule has 0 aliphatic heterocycles. The molecule has 3 aromatic rings. The van der Waals surface area contributed by atoms with E-state index in [-0.39, 0.29) is 34.1 Å². The Bertz CT molecular complexity index is 1180. The minimum absolute atomic E-state index is 0.0817. The van der Waals surface area contributed by atoms with Crippen LogP contribution < -0.4 is 10.1 Å². The number of furan rings is 1. The van der Waals surface area contributed by atoms with Crippen molar-refractivity contribution in [1.82, 2.24) is 5.32 Å². The Kier molecular flexibility index (Phi) is 6.76. The van der Waals surface area contributed by atoms with Crippen LogP contribution in [0.15, 0.2) is 70.2 Å². The number of sulfone groups is 1. The average Bonchev–Trinajstić information content (AvgIpc) is 3.24. The summed E-state index contributed by atoms with van der Waals surface area (Å²) in [6.45, 7) is 0.0817. The quantitative estimate of drug-likeness (QED) is 0.533. The van der Waals surface area contributed by atoms with Gasteiger partial charge in [-0.1, -0.05) is 24.3 Å². The molecule has 0 fully saturated rings. The highest BCUT2D eigenvalue weighted by atomic mass is 32.2. The zero-order valence-corrected chi connectivity index (χ0v) is 17.8. The molecule has 0 aliphatic carbocycles. The summed E-state index contributed by atoms with van der Waals surface area (Å²) in [5.41, 5.74) is 1.11. The lowest BCUT2D eigenvalue weighted by Gasteiger charge is -2.10. The second-order valence-electron chi connectivity index (χ2n) is 6.56. The van der Waals surface area contributed by atoms with E-state index in [0.29, 0.717) is 11.3 Å². The van der Waals surface area contributed by atoms with Crippen LogP contribution >= 0.6 is 0 Å². The van der Waals surface area contributed by atoms with E-state index in [9.17, 15) is 18.0 Å². The molecule has 0 bridgehead atoms. The van der Waals surface area contributed by atoms with Crippen LogP contribution in [-0.2, 0) is 26.9 Å². The summed E-state index contributed by atoms with van der Waals surface area (Å²) in [4.78, 5) is 24.7. The van der Waals surface area contributed by atoms with E-state index < -0.39 is 21.7 Å². The topological polar surface area (TPSA) is 112 Å². The van der Waals surface area contributed by atoms with Crippen LogP contribution in [0.1, 0.15) is 32.0 Å². The fraction of sp³-hybridized carbons (Fsp3) is 0.182. The van der Waals surface area contributed by atoms with Gasteiger partial charge in [-0.05, 0) is 35.9 Å². The summed E-state index contributed by atoms with van der Waals surface area (Å²) < 4.78 is 40.4. The van der Waals surface area contributed by atoms with Gasteiger partial charge in [0.1, 0.15) is 11.3 Å². The number of amides is 1. The third kappa shape index (κ3) is 5.13. The first-order valence-electron chi connectivity index (χ1n) is 9.23. The van der Waals surface area contributed by atoms with Gasteiger partial charge in [0.15, 0.2) is 15.6 Å². The van der Waals surface area contributed by atoms with E-state index in [0.717, 1.165) is 0 Å². The summed E-state index contributed by atoms with van der Waals surface area (Å²) in [6.07, 6.45) is 1.27. The molecule has 1 heterocycles. The number of hydrogen-bond donors (Lipinski definition) is 1. The van der Waals surface area contributed by atoms with E-state index in [4.69, 9.17) is 13.9 Å². The van der Waals surface area contributed by atoms with Gasteiger partial charge in [-0.3, -0.25) is 4.79 Å². The molecular weight excluding hydrogens is 422 g/mol. The molecule has 0 spiro atoms. The number of carbonyl (C=O) groups excluding carboxylic acids is 2. The molecule has 2 aromatic carbocycles. The predicted molar refractivity (Wildman–Crippen MR) is 112 cm³/mol. The Labute approximate surface area is 179 Å². The van der Waals surface area contributed by atoms with Gasteiger partial charge in [-0.2, -0.15) is 0 Å². The zero-order valence-electron chi connectivity index (χ0n) is 17.0. The molecule has 0 saturated heterocycles. The number of carbonyl (C=O) groups is 2. The summed E-state index contributed by atoms with van der Waals surface area (Å²) in [5.74, 6) is -1.24. The Morgan fingerprint density at radius 1 is 1.03 bits per heavy atom. The molecule has 8 nitrogen and oxygen atoms in total. The van der Waals surface area contributed by atoms with Gasteiger partial charge in [-0.15, -0.1) is 0 Å². The molecule has 0 aliphatic rings. The number of methoxy groups -OCH3 is 2. The minimum atomic E-state index is -3.64. The lowest BCUT2D eigenvalue weighted by Crippen LogP contribution is -2.24. The molecule has 1 amide bonds. The molecule has 31 heavy (non-hydrogen) atoms. The molecule has 9 heteroatoms. The molecule has 1 N–H and O–H groups in total. The van der Waals surface area contributed by atoms with Gasteiger partial charge in [0.05, 0.1) is 31.1 Å². The fourth-order valence-electron chi connectivity index (χ4n) is 2.96. The van der Waals surface area contributed by atoms with Crippen LogP contribution in [0.3, 0.4) is 0 Å². The van der Waals surface area contributed by atoms with Gasteiger partial charge in [0, 0.05) is 12.1 Å². The van der Waals surface area contributed by atoms with Crippen LogP contribution in [0.4, 0.5) is 0 Å². The van der Waals surface area contributed by atoms with Gasteiger partial charge in [-0.25, -0.2) is 13.2 Å². The molecule has 0 atom stereocenters. The number of esters is 1. The van der Waals surface area contributed by atoms with Crippen LogP contribution in [0.25, 0.3) is 0 Å². The van der Waals surface area contributed by atoms with Crippen LogP contribution in [0.5, 0.6) is 5.75 Å². The maximum Gasteiger partial charge on any atom is 0.341 e. The van der Waals surface area contributed by atoms with E-state index in [2.05, 4.69) is 5.32 Å². The molecule has 0 radical (unpaired) electrons. The first-order valence-corrected chi connectivity index (χ1v) is 10.9. The summed E-state index contributed by atoms with van der Waals surface area (Å²) in [6, 6.07) is 14.3. The van der Waals surface area contributed by atoms with Crippen LogP contribution in [-0.4, -0.2) is 34.5 Å². The van der Waals surface area contributed by atoms with Crippen molar-refractivity contribution in [2.75, 3.05) is 14.2 Å². The van der Waals surface area contributed by atoms with E-state index >= 15 is 0 Å². The molecule has 1 aromatic heterocycles. The van der Waals surface area contributed by atoms with Crippen molar-refractivity contribution in [2.45, 2.75) is 17.2 Å². The van der Waals surface area contributed by atoms with Crippen LogP contribution in [0, 0.1) is 0 Å². The van der Waals surface area contributed by atoms with Crippen LogP contribution in [0.2, 0.25) is 0 Å². The van der Waals surface area contributed by atoms with Crippen molar-refractivity contribution < 1.29 is 31.9 Å². The van der Waals surface area contributed by atoms with Gasteiger partial charge in [0.2, 0.25) is 0 Å². The first kappa shape index (κ1) is 22.1. The number of hydrogen-bond acceptors (Lipinski definition) is 7. The monoisotopic (exact) mass is 443 g/mol. The van der Waals surface area contributed by atoms with Gasteiger partial charge < -0.3 is 19.2 Å². The lowest BCUT2D eigenvalue weighted by molar-refractivity contribution is 0.0597. The third-order valence-corrected chi connectivity index (χ3v) is 6.20. The predicted octanol–water partition coefficient (Wildman–Crippen LogP) is 2.98. The molecule has 162 valence electrons. The molecule has 0 unspecified atom stereocenters. The number of rotatable bonds is 8. The number of benzene rings is 2. The van der Waals surface area contributed by atoms with E-state index in [1.54, 1.807) is 36.4 Å². The normalized spacial score (nSPS) is 11.0. The minimum Gasteiger partial charge on any atom is -0.496 e. The van der Waals surface area contributed by atoms with Crippen molar-refractivity contribution in [2.24, 2.45) is 0 Å². The molecule has 0 saturated carbocycles. The summed E-state index contributed by atoms with van der Waals surface area (Å²) in [7, 11) is -0.940. The standard InChI is InChI=1S/C22H21NO7S/c1-28-19-9-8-15(12-18(19)22(25)29-2)13-23-21(24)20-16(10-11-30-20)14-31(26,27)17-6-4-3-5-7-17/h3-12H,13-14H2,1-2H3,(H,23,24). The van der Waals surface area contributed by atoms with Crippen molar-refractivity contribution in [3.8, 4) is 5.75 Å². The maximum atomic E-state index is 12.6. The molecular formula is C22H21NO7S. The zero-order chi connectivity index (χ0) is 22.4. The largest absolute Gasteiger partial charge is 0.496 e. The smallest absolute Gasteiger partial charge is 0.341 e. The third-order valence-electron chi connectivity index (χ3n) is 4.52. The number of ether oxygens (including phenoxy) is 2. The number of nitrogens with one attached hydrogen (secondary N) is 1. The highest BCUT2D eigenvalue weighted by Crippen LogP contribution is 2.22. The van der Waals surface area contributed by atoms with Gasteiger partial charge in [0.25, 0.3) is 5.91 Å². The van der Waals surface area contributed by atoms with E-state index in [1.807, 2.05) is 0 Å². The Hall–Kier alpha value is -3.59. The van der Waals surface area contributed by atoms with Crippen molar-refractivity contribution in [3.05, 3.63) is 83.3 Å². The fourth-order valence-corrected chi connectivity index (χ4v) is 4.34. The Morgan fingerprint density at radius 3 is 2.45 bits per heavy atom. The second kappa shape index (κ2) is 9.48. The maximum absolute atomic E-state index is 12.6. The molecule has 3 rings (SSSR count). The average molecular weight is 443 g/mol. The van der Waals surface area contributed by atoms with E-state index in [1.165, 1.54) is 38.7 Å². The second-order valence-corrected chi connectivity index (χ2v) is 8.55. The summed E-state index contributed by atoms with van der Waals surface area (Å²) >= 11 is 0. The highest BCUT2D eigenvalue weighted by molar-refractivity contribution is 7.90. The first-order chi connectivity index (χ1) is 14.9. The Balaban J connectivity index is 1.73. The summed E-state index contributed by atoms with van der Waals surface area (Å²) in [5, 5.41) is 2.67.